The number of nitrogens with zero attached hydrogens (tertiary/aromatic N) is 1. The van der Waals surface area contributed by atoms with Gasteiger partial charge in [0.25, 0.3) is 0 Å². The second kappa shape index (κ2) is 26.6. The van der Waals surface area contributed by atoms with Crippen molar-refractivity contribution in [3.63, 3.8) is 0 Å². The van der Waals surface area contributed by atoms with Crippen LogP contribution in [0, 0.1) is 11.8 Å². The third-order valence-electron chi connectivity index (χ3n) is 15.5. The third-order valence-corrected chi connectivity index (χ3v) is 15.5. The number of morpholine rings is 1. The van der Waals surface area contributed by atoms with E-state index in [0.717, 1.165) is 24.3 Å². The highest BCUT2D eigenvalue weighted by Crippen LogP contribution is 2.48. The summed E-state index contributed by atoms with van der Waals surface area (Å²) in [5.74, 6) is -0.985. The van der Waals surface area contributed by atoms with Gasteiger partial charge in [0.15, 0.2) is 0 Å². The molecule has 7 fully saturated rings. The molecule has 7 heterocycles. The van der Waals surface area contributed by atoms with Gasteiger partial charge in [0.2, 0.25) is 11.8 Å². The Bertz CT molecular complexity index is 2300. The zero-order chi connectivity index (χ0) is 59.2. The van der Waals surface area contributed by atoms with Crippen LogP contribution in [0.2, 0.25) is 0 Å². The SMILES string of the molecule is C[C@@H](/C=C\C(=O)N[C@@H]1C[C@H](C)[C@H](C/C=C(/C=C/[C@H]2OC(C)(C)C[C@@]3(CO3)[C@@H]2O)C(F)(F)F)O[C@@H]1C)OC(=O)N1CCOCC1.C[C@@H](O)/C=C\C(=O)N[C@@H]1C[C@H](C)[C@H](C/C=C(/C=C/[C@H]2OC(C)(C)C[C@@]3(CO3)[C@@H]2O)C(F)(F)F)O[C@@H]1C. The Balaban J connectivity index is 0.000000263. The van der Waals surface area contributed by atoms with Crippen molar-refractivity contribution in [2.24, 2.45) is 11.8 Å². The molecule has 3 amide bonds. The lowest BCUT2D eigenvalue weighted by atomic mass is 9.83. The van der Waals surface area contributed by atoms with Crippen LogP contribution in [0.5, 0.6) is 0 Å². The molecule has 0 saturated carbocycles. The van der Waals surface area contributed by atoms with Gasteiger partial charge >= 0.3 is 18.4 Å². The monoisotopic (exact) mass is 1150 g/mol. The number of amides is 3. The molecule has 0 aromatic rings. The van der Waals surface area contributed by atoms with Gasteiger partial charge in [-0.05, 0) is 99.0 Å². The summed E-state index contributed by atoms with van der Waals surface area (Å²) in [5, 5.41) is 36.2. The van der Waals surface area contributed by atoms with Crippen molar-refractivity contribution in [2.45, 2.75) is 216 Å². The Morgan fingerprint density at radius 2 is 1.07 bits per heavy atom. The minimum atomic E-state index is -4.61. The van der Waals surface area contributed by atoms with Gasteiger partial charge in [-0.1, -0.05) is 56.4 Å². The Kier molecular flexibility index (Phi) is 21.6. The standard InChI is InChI=1S/C31H45F3N2O8.C26H38F3NO6/c1-19-16-23(35-26(37)11-6-20(2)42-28(39)36-12-14-40-15-13-36)21(3)43-24(19)9-7-22(31(32,33)34)8-10-25-27(38)30(18-41-30)17-29(4,5)44-25;1-15-12-19(30-22(32)11-6-16(2)31)17(3)35-20(15)9-7-18(26(27,28)29)8-10-21-23(33)25(14-34-25)13-24(4,5)36-21/h6-8,10-11,19-21,23-25,27,38H,9,12-18H2,1-5H3,(H,35,37);6-8,10-11,15-17,19-21,23,31,33H,9,12-14H2,1-5H3,(H,30,32)/b10-8+,11-6-,22-7-;10-8+,11-6-,18-7-/t19-,20-,21+,23+,24-,25+,27+,30+;15-,16+,17+,19+,20-,21+,23+,25+/m00/s1. The number of carbonyl (C=O) groups is 3. The molecule has 23 heteroatoms. The lowest BCUT2D eigenvalue weighted by molar-refractivity contribution is -0.171. The van der Waals surface area contributed by atoms with E-state index < -0.39 is 113 Å². The van der Waals surface area contributed by atoms with Crippen LogP contribution in [0.15, 0.2) is 71.9 Å². The van der Waals surface area contributed by atoms with Crippen molar-refractivity contribution in [2.75, 3.05) is 39.5 Å². The number of aliphatic hydroxyl groups excluding tert-OH is 3. The highest BCUT2D eigenvalue weighted by molar-refractivity contribution is 5.88. The van der Waals surface area contributed by atoms with Gasteiger partial charge in [0.05, 0.1) is 91.4 Å². The lowest BCUT2D eigenvalue weighted by Gasteiger charge is -2.41. The van der Waals surface area contributed by atoms with E-state index in [9.17, 15) is 56.0 Å². The molecule has 2 spiro atoms. The minimum Gasteiger partial charge on any atom is -0.442 e. The molecule has 0 aliphatic carbocycles. The maximum Gasteiger partial charge on any atom is 0.416 e. The normalized spacial score (nSPS) is 36.5. The molecule has 0 aromatic carbocycles. The van der Waals surface area contributed by atoms with E-state index >= 15 is 0 Å². The Morgan fingerprint density at radius 3 is 1.45 bits per heavy atom. The lowest BCUT2D eigenvalue weighted by Crippen LogP contribution is -2.53. The van der Waals surface area contributed by atoms with Crippen LogP contribution < -0.4 is 10.6 Å². The molecule has 452 valence electrons. The molecular formula is C57H83F6N3O14. The number of carbonyl (C=O) groups excluding carboxylic acids is 3. The van der Waals surface area contributed by atoms with Crippen LogP contribution in [-0.2, 0) is 47.5 Å². The first kappa shape index (κ1) is 65.0. The number of hydrogen-bond acceptors (Lipinski definition) is 14. The fourth-order valence-electron chi connectivity index (χ4n) is 11.0. The minimum absolute atomic E-state index is 0.0178. The van der Waals surface area contributed by atoms with Gasteiger partial charge in [-0.2, -0.15) is 26.3 Å². The van der Waals surface area contributed by atoms with Crippen LogP contribution >= 0.6 is 0 Å². The van der Waals surface area contributed by atoms with Crippen molar-refractivity contribution in [3.05, 3.63) is 71.9 Å². The van der Waals surface area contributed by atoms with E-state index in [1.807, 2.05) is 41.5 Å². The summed E-state index contributed by atoms with van der Waals surface area (Å²) in [6, 6.07) is -0.639. The molecular weight excluding hydrogens is 1060 g/mol. The number of rotatable bonds is 15. The van der Waals surface area contributed by atoms with Gasteiger partial charge in [-0.15, -0.1) is 0 Å². The molecule has 80 heavy (non-hydrogen) atoms. The summed E-state index contributed by atoms with van der Waals surface area (Å²) in [6.07, 6.45) is -2.65. The molecule has 0 bridgehead atoms. The molecule has 7 aliphatic heterocycles. The van der Waals surface area contributed by atoms with Gasteiger partial charge in [0.1, 0.15) is 41.7 Å². The van der Waals surface area contributed by atoms with Gasteiger partial charge in [-0.25, -0.2) is 4.79 Å². The molecule has 7 rings (SSSR count). The summed E-state index contributed by atoms with van der Waals surface area (Å²) in [6.45, 7) is 20.3. The van der Waals surface area contributed by atoms with E-state index in [1.165, 1.54) is 43.4 Å². The average Bonchev–Trinajstić information content (AvgIpc) is 4.30. The summed E-state index contributed by atoms with van der Waals surface area (Å²) >= 11 is 0. The quantitative estimate of drug-likeness (QED) is 0.0475. The van der Waals surface area contributed by atoms with Crippen LogP contribution in [0.25, 0.3) is 0 Å². The second-order valence-electron chi connectivity index (χ2n) is 23.7. The zero-order valence-corrected chi connectivity index (χ0v) is 47.4. The van der Waals surface area contributed by atoms with Gasteiger partial charge in [0, 0.05) is 38.1 Å². The number of aliphatic hydroxyl groups is 3. The van der Waals surface area contributed by atoms with E-state index in [1.54, 1.807) is 25.7 Å². The van der Waals surface area contributed by atoms with Crippen molar-refractivity contribution >= 4 is 17.9 Å². The number of allylic oxidation sites excluding steroid dienone is 4. The third kappa shape index (κ3) is 18.4. The fourth-order valence-corrected chi connectivity index (χ4v) is 11.0. The molecule has 7 aliphatic rings. The van der Waals surface area contributed by atoms with Crippen molar-refractivity contribution in [3.8, 4) is 0 Å². The highest BCUT2D eigenvalue weighted by Gasteiger charge is 2.61. The number of halogens is 6. The molecule has 16 atom stereocenters. The molecule has 0 unspecified atom stereocenters. The Morgan fingerprint density at radius 1 is 0.675 bits per heavy atom. The van der Waals surface area contributed by atoms with E-state index in [2.05, 4.69) is 10.6 Å². The summed E-state index contributed by atoms with van der Waals surface area (Å²) < 4.78 is 128. The number of ether oxygens (including phenoxy) is 8. The predicted octanol–water partition coefficient (Wildman–Crippen LogP) is 7.18. The first-order chi connectivity index (χ1) is 37.2. The first-order valence-electron chi connectivity index (χ1n) is 27.6. The largest absolute Gasteiger partial charge is 0.442 e. The van der Waals surface area contributed by atoms with E-state index in [0.29, 0.717) is 65.2 Å². The van der Waals surface area contributed by atoms with Crippen molar-refractivity contribution in [1.82, 2.24) is 15.5 Å². The highest BCUT2D eigenvalue weighted by atomic mass is 19.4. The number of alkyl halides is 6. The summed E-state index contributed by atoms with van der Waals surface area (Å²) in [7, 11) is 0. The van der Waals surface area contributed by atoms with Crippen molar-refractivity contribution in [1.29, 1.82) is 0 Å². The Labute approximate surface area is 465 Å². The summed E-state index contributed by atoms with van der Waals surface area (Å²) in [5.41, 5.74) is -4.49. The van der Waals surface area contributed by atoms with Crippen LogP contribution in [-0.4, -0.2) is 186 Å². The average molecular weight is 1150 g/mol. The number of hydrogen-bond donors (Lipinski definition) is 5. The summed E-state index contributed by atoms with van der Waals surface area (Å²) in [4.78, 5) is 38.4. The van der Waals surface area contributed by atoms with E-state index in [4.69, 9.17) is 37.9 Å². The van der Waals surface area contributed by atoms with E-state index in [-0.39, 0.29) is 48.6 Å². The maximum atomic E-state index is 13.9. The first-order valence-corrected chi connectivity index (χ1v) is 27.6. The van der Waals surface area contributed by atoms with Crippen molar-refractivity contribution < 1.29 is 93.9 Å². The molecule has 5 N–H and O–H groups in total. The number of nitrogens with one attached hydrogen (secondary N) is 2. The van der Waals surface area contributed by atoms with Gasteiger partial charge < -0.3 is 68.7 Å². The molecule has 0 radical (unpaired) electrons. The molecule has 0 aromatic heterocycles. The fraction of sp³-hybridized carbons (Fsp3) is 0.737. The second-order valence-corrected chi connectivity index (χ2v) is 23.7. The zero-order valence-electron chi connectivity index (χ0n) is 47.4. The molecule has 17 nitrogen and oxygen atoms in total. The Hall–Kier alpha value is -4.17. The van der Waals surface area contributed by atoms with Crippen LogP contribution in [0.1, 0.15) is 108 Å². The van der Waals surface area contributed by atoms with Crippen LogP contribution in [0.3, 0.4) is 0 Å². The molecule has 7 saturated heterocycles. The predicted molar refractivity (Wildman–Crippen MR) is 281 cm³/mol. The smallest absolute Gasteiger partial charge is 0.416 e. The maximum absolute atomic E-state index is 13.9. The van der Waals surface area contributed by atoms with Gasteiger partial charge in [-0.3, -0.25) is 9.59 Å². The number of epoxide rings is 2. The van der Waals surface area contributed by atoms with Crippen LogP contribution in [0.4, 0.5) is 31.1 Å². The topological polar surface area (TPSA) is 220 Å².